The first-order chi connectivity index (χ1) is 16.1. The number of anilines is 1. The number of fused-ring (bicyclic) bond motifs is 1. The van der Waals surface area contributed by atoms with Crippen LogP contribution < -0.4 is 15.8 Å². The standard InChI is InChI=1S/C25H26N6O2/c1-29-13-15-30(16-14-29)23-21(25(33)31-12-6-5-9-22(31)28-23)17-20(18-26)24(32)27-11-10-19-7-3-2-4-8-19/h2-9,12,17H,10-11,13-16H2,1H3,(H,27,32). The van der Waals surface area contributed by atoms with Gasteiger partial charge in [-0.05, 0) is 37.2 Å². The number of pyridine rings is 1. The minimum Gasteiger partial charge on any atom is -0.353 e. The van der Waals surface area contributed by atoms with Crippen molar-refractivity contribution in [2.75, 3.05) is 44.7 Å². The monoisotopic (exact) mass is 442 g/mol. The minimum absolute atomic E-state index is 0.117. The molecule has 0 atom stereocenters. The summed E-state index contributed by atoms with van der Waals surface area (Å²) < 4.78 is 1.44. The molecule has 0 aliphatic carbocycles. The van der Waals surface area contributed by atoms with E-state index in [1.807, 2.05) is 47.4 Å². The third-order valence-electron chi connectivity index (χ3n) is 5.75. The lowest BCUT2D eigenvalue weighted by atomic mass is 10.1. The molecular formula is C25H26N6O2. The topological polar surface area (TPSA) is 93.7 Å². The number of benzene rings is 1. The van der Waals surface area contributed by atoms with E-state index in [0.29, 0.717) is 37.5 Å². The Morgan fingerprint density at radius 2 is 1.85 bits per heavy atom. The average Bonchev–Trinajstić information content (AvgIpc) is 2.84. The third kappa shape index (κ3) is 5.10. The van der Waals surface area contributed by atoms with E-state index >= 15 is 0 Å². The molecule has 0 unspecified atom stereocenters. The summed E-state index contributed by atoms with van der Waals surface area (Å²) in [6, 6.07) is 17.1. The molecular weight excluding hydrogens is 416 g/mol. The summed E-state index contributed by atoms with van der Waals surface area (Å²) in [7, 11) is 2.05. The first kappa shape index (κ1) is 22.2. The molecule has 8 heteroatoms. The number of rotatable bonds is 6. The van der Waals surface area contributed by atoms with Crippen LogP contribution in [0.3, 0.4) is 0 Å². The highest BCUT2D eigenvalue weighted by Gasteiger charge is 2.22. The average molecular weight is 443 g/mol. The Bertz CT molecular complexity index is 1270. The molecule has 2 aromatic heterocycles. The van der Waals surface area contributed by atoms with Crippen LogP contribution in [0.15, 0.2) is 65.1 Å². The van der Waals surface area contributed by atoms with Gasteiger partial charge in [-0.15, -0.1) is 0 Å². The van der Waals surface area contributed by atoms with Crippen LogP contribution in [0.25, 0.3) is 11.7 Å². The van der Waals surface area contributed by atoms with Crippen molar-refractivity contribution in [2.45, 2.75) is 6.42 Å². The number of hydrogen-bond acceptors (Lipinski definition) is 6. The van der Waals surface area contributed by atoms with Crippen LogP contribution in [-0.4, -0.2) is 60.0 Å². The molecule has 0 bridgehead atoms. The fourth-order valence-corrected chi connectivity index (χ4v) is 3.83. The second-order valence-electron chi connectivity index (χ2n) is 8.03. The lowest BCUT2D eigenvalue weighted by molar-refractivity contribution is -0.117. The maximum atomic E-state index is 13.3. The molecule has 168 valence electrons. The van der Waals surface area contributed by atoms with Gasteiger partial charge in [0.25, 0.3) is 11.5 Å². The van der Waals surface area contributed by atoms with E-state index in [1.165, 1.54) is 10.5 Å². The van der Waals surface area contributed by atoms with Gasteiger partial charge < -0.3 is 15.1 Å². The van der Waals surface area contributed by atoms with Crippen LogP contribution in [-0.2, 0) is 11.2 Å². The lowest BCUT2D eigenvalue weighted by Gasteiger charge is -2.34. The molecule has 1 aliphatic rings. The molecule has 8 nitrogen and oxygen atoms in total. The van der Waals surface area contributed by atoms with E-state index in [9.17, 15) is 14.9 Å². The molecule has 1 aromatic carbocycles. The van der Waals surface area contributed by atoms with Gasteiger partial charge >= 0.3 is 0 Å². The molecule has 4 rings (SSSR count). The normalized spacial score (nSPS) is 14.8. The fraction of sp³-hybridized carbons (Fsp3) is 0.280. The van der Waals surface area contributed by atoms with Crippen molar-refractivity contribution in [3.63, 3.8) is 0 Å². The van der Waals surface area contributed by atoms with E-state index in [-0.39, 0.29) is 16.7 Å². The molecule has 0 radical (unpaired) electrons. The van der Waals surface area contributed by atoms with Crippen LogP contribution >= 0.6 is 0 Å². The van der Waals surface area contributed by atoms with E-state index in [1.54, 1.807) is 18.3 Å². The van der Waals surface area contributed by atoms with Crippen LogP contribution in [0.1, 0.15) is 11.1 Å². The summed E-state index contributed by atoms with van der Waals surface area (Å²) in [5.41, 5.74) is 1.44. The summed E-state index contributed by atoms with van der Waals surface area (Å²) in [6.45, 7) is 3.48. The van der Waals surface area contributed by atoms with Gasteiger partial charge in [0.05, 0.1) is 5.56 Å². The molecule has 1 saturated heterocycles. The Morgan fingerprint density at radius 1 is 1.12 bits per heavy atom. The Balaban J connectivity index is 1.65. The number of likely N-dealkylation sites (N-methyl/N-ethyl adjacent to an activating group) is 1. The molecule has 1 N–H and O–H groups in total. The third-order valence-corrected chi connectivity index (χ3v) is 5.75. The van der Waals surface area contributed by atoms with Crippen molar-refractivity contribution >= 4 is 23.4 Å². The van der Waals surface area contributed by atoms with Gasteiger partial charge in [0.2, 0.25) is 0 Å². The number of nitrogens with zero attached hydrogens (tertiary/aromatic N) is 5. The zero-order valence-corrected chi connectivity index (χ0v) is 18.6. The lowest BCUT2D eigenvalue weighted by Crippen LogP contribution is -2.45. The highest BCUT2D eigenvalue weighted by atomic mass is 16.1. The maximum Gasteiger partial charge on any atom is 0.267 e. The number of aromatic nitrogens is 2. The van der Waals surface area contributed by atoms with Gasteiger partial charge in [0.15, 0.2) is 0 Å². The van der Waals surface area contributed by atoms with Crippen molar-refractivity contribution in [2.24, 2.45) is 0 Å². The maximum absolute atomic E-state index is 13.3. The van der Waals surface area contributed by atoms with Crippen molar-refractivity contribution in [1.29, 1.82) is 5.26 Å². The van der Waals surface area contributed by atoms with Gasteiger partial charge in [-0.3, -0.25) is 14.0 Å². The van der Waals surface area contributed by atoms with Gasteiger partial charge in [0, 0.05) is 38.9 Å². The molecule has 3 heterocycles. The largest absolute Gasteiger partial charge is 0.353 e. The summed E-state index contributed by atoms with van der Waals surface area (Å²) in [5.74, 6) is -0.000507. The Hall–Kier alpha value is -3.96. The minimum atomic E-state index is -0.504. The zero-order chi connectivity index (χ0) is 23.2. The SMILES string of the molecule is CN1CCN(c2nc3ccccn3c(=O)c2C=C(C#N)C(=O)NCCc2ccccc2)CC1. The fourth-order valence-electron chi connectivity index (χ4n) is 3.83. The smallest absolute Gasteiger partial charge is 0.267 e. The number of nitrogens with one attached hydrogen (secondary N) is 1. The van der Waals surface area contributed by atoms with Crippen molar-refractivity contribution < 1.29 is 4.79 Å². The van der Waals surface area contributed by atoms with Crippen molar-refractivity contribution in [3.05, 3.63) is 81.8 Å². The van der Waals surface area contributed by atoms with E-state index in [4.69, 9.17) is 4.98 Å². The molecule has 1 aliphatic heterocycles. The van der Waals surface area contributed by atoms with Crippen LogP contribution in [0.5, 0.6) is 0 Å². The van der Waals surface area contributed by atoms with Crippen LogP contribution in [0, 0.1) is 11.3 Å². The molecule has 33 heavy (non-hydrogen) atoms. The Kier molecular flexibility index (Phi) is 6.81. The van der Waals surface area contributed by atoms with Gasteiger partial charge in [-0.1, -0.05) is 36.4 Å². The van der Waals surface area contributed by atoms with E-state index in [2.05, 4.69) is 17.3 Å². The molecule has 1 fully saturated rings. The molecule has 0 saturated carbocycles. The number of nitriles is 1. The van der Waals surface area contributed by atoms with E-state index < -0.39 is 5.91 Å². The molecule has 1 amide bonds. The van der Waals surface area contributed by atoms with Gasteiger partial charge in [-0.25, -0.2) is 4.98 Å². The number of piperazine rings is 1. The number of amides is 1. The summed E-state index contributed by atoms with van der Waals surface area (Å²) in [4.78, 5) is 35.0. The molecule has 0 spiro atoms. The Labute approximate surface area is 192 Å². The summed E-state index contributed by atoms with van der Waals surface area (Å²) in [6.07, 6.45) is 3.67. The second kappa shape index (κ2) is 10.1. The van der Waals surface area contributed by atoms with Crippen LogP contribution in [0.2, 0.25) is 0 Å². The predicted molar refractivity (Wildman–Crippen MR) is 128 cm³/mol. The van der Waals surface area contributed by atoms with Gasteiger partial charge in [-0.2, -0.15) is 5.26 Å². The summed E-state index contributed by atoms with van der Waals surface area (Å²) >= 11 is 0. The van der Waals surface area contributed by atoms with Crippen molar-refractivity contribution in [3.8, 4) is 6.07 Å². The predicted octanol–water partition coefficient (Wildman–Crippen LogP) is 1.71. The first-order valence-corrected chi connectivity index (χ1v) is 11.0. The number of carbonyl (C=O) groups excluding carboxylic acids is 1. The first-order valence-electron chi connectivity index (χ1n) is 11.0. The number of hydrogen-bond donors (Lipinski definition) is 1. The molecule has 3 aromatic rings. The zero-order valence-electron chi connectivity index (χ0n) is 18.6. The van der Waals surface area contributed by atoms with Gasteiger partial charge in [0.1, 0.15) is 23.1 Å². The highest BCUT2D eigenvalue weighted by molar-refractivity contribution is 6.02. The quantitative estimate of drug-likeness (QED) is 0.462. The Morgan fingerprint density at radius 3 is 2.58 bits per heavy atom. The van der Waals surface area contributed by atoms with Crippen LogP contribution in [0.4, 0.5) is 5.82 Å². The van der Waals surface area contributed by atoms with Crippen molar-refractivity contribution in [1.82, 2.24) is 19.6 Å². The number of carbonyl (C=O) groups is 1. The summed E-state index contributed by atoms with van der Waals surface area (Å²) in [5, 5.41) is 12.5. The van der Waals surface area contributed by atoms with E-state index in [0.717, 1.165) is 18.7 Å². The highest BCUT2D eigenvalue weighted by Crippen LogP contribution is 2.20. The second-order valence-corrected chi connectivity index (χ2v) is 8.03.